The molecule has 0 N–H and O–H groups in total. The lowest BCUT2D eigenvalue weighted by Crippen LogP contribution is -2.54. The van der Waals surface area contributed by atoms with Gasteiger partial charge in [-0.05, 0) is 43.6 Å². The number of allylic oxidation sites excluding steroid dienone is 1. The standard InChI is InChI=1S/C21H26O5/c1-13-7-9-20(2)15(18(22)24-3)5-4-6-17(20)21(13)11-16(26-19(21)23)14-8-10-25-12-14/h5,8,10,12-13,16-17H,4,6-7,9,11H2,1-3H3. The quantitative estimate of drug-likeness (QED) is 0.741. The Hall–Kier alpha value is -2.04. The van der Waals surface area contributed by atoms with Crippen LogP contribution in [-0.4, -0.2) is 19.0 Å². The van der Waals surface area contributed by atoms with Gasteiger partial charge in [0.25, 0.3) is 0 Å². The molecule has 2 aliphatic carbocycles. The Morgan fingerprint density at radius 2 is 2.15 bits per heavy atom. The average molecular weight is 358 g/mol. The summed E-state index contributed by atoms with van der Waals surface area (Å²) in [6, 6.07) is 1.87. The predicted molar refractivity (Wildman–Crippen MR) is 93.9 cm³/mol. The molecule has 1 saturated carbocycles. The first kappa shape index (κ1) is 17.4. The molecule has 26 heavy (non-hydrogen) atoms. The fraction of sp³-hybridized carbons (Fsp3) is 0.619. The summed E-state index contributed by atoms with van der Waals surface area (Å²) in [5.41, 5.74) is 0.751. The van der Waals surface area contributed by atoms with Crippen molar-refractivity contribution in [2.24, 2.45) is 22.7 Å². The molecule has 3 aliphatic rings. The van der Waals surface area contributed by atoms with E-state index in [1.165, 1.54) is 7.11 Å². The van der Waals surface area contributed by atoms with E-state index in [4.69, 9.17) is 13.9 Å². The van der Waals surface area contributed by atoms with E-state index in [9.17, 15) is 9.59 Å². The van der Waals surface area contributed by atoms with Crippen molar-refractivity contribution in [3.05, 3.63) is 35.8 Å². The van der Waals surface area contributed by atoms with Crippen molar-refractivity contribution in [3.8, 4) is 0 Å². The minimum Gasteiger partial charge on any atom is -0.472 e. The Balaban J connectivity index is 1.75. The fourth-order valence-electron chi connectivity index (χ4n) is 5.81. The molecule has 5 heteroatoms. The lowest BCUT2D eigenvalue weighted by atomic mass is 9.46. The Morgan fingerprint density at radius 3 is 2.85 bits per heavy atom. The van der Waals surface area contributed by atoms with Crippen LogP contribution >= 0.6 is 0 Å². The fourth-order valence-corrected chi connectivity index (χ4v) is 5.81. The van der Waals surface area contributed by atoms with Crippen molar-refractivity contribution in [2.75, 3.05) is 7.11 Å². The Morgan fingerprint density at radius 1 is 1.35 bits per heavy atom. The van der Waals surface area contributed by atoms with E-state index < -0.39 is 5.41 Å². The summed E-state index contributed by atoms with van der Waals surface area (Å²) in [5, 5.41) is 0. The van der Waals surface area contributed by atoms with Crippen molar-refractivity contribution in [1.82, 2.24) is 0 Å². The molecule has 0 radical (unpaired) electrons. The van der Waals surface area contributed by atoms with Crippen molar-refractivity contribution in [2.45, 2.75) is 52.1 Å². The van der Waals surface area contributed by atoms with Crippen LogP contribution in [-0.2, 0) is 19.1 Å². The van der Waals surface area contributed by atoms with Gasteiger partial charge in [0.15, 0.2) is 0 Å². The number of carbonyl (C=O) groups is 2. The lowest BCUT2D eigenvalue weighted by molar-refractivity contribution is -0.163. The molecule has 1 aromatic heterocycles. The van der Waals surface area contributed by atoms with Crippen LogP contribution in [0.25, 0.3) is 0 Å². The number of ether oxygens (including phenoxy) is 2. The summed E-state index contributed by atoms with van der Waals surface area (Å²) in [4.78, 5) is 25.6. The number of fused-ring (bicyclic) bond motifs is 2. The van der Waals surface area contributed by atoms with E-state index >= 15 is 0 Å². The third-order valence-electron chi connectivity index (χ3n) is 7.26. The molecule has 140 valence electrons. The van der Waals surface area contributed by atoms with Gasteiger partial charge in [0, 0.05) is 23.0 Å². The van der Waals surface area contributed by atoms with Crippen LogP contribution in [0.5, 0.6) is 0 Å². The molecule has 0 aromatic carbocycles. The smallest absolute Gasteiger partial charge is 0.333 e. The number of esters is 2. The maximum Gasteiger partial charge on any atom is 0.333 e. The zero-order chi connectivity index (χ0) is 18.5. The van der Waals surface area contributed by atoms with Gasteiger partial charge in [-0.25, -0.2) is 4.79 Å². The number of hydrogen-bond acceptors (Lipinski definition) is 5. The van der Waals surface area contributed by atoms with E-state index in [0.29, 0.717) is 6.42 Å². The number of carbonyl (C=O) groups excluding carboxylic acids is 2. The van der Waals surface area contributed by atoms with Crippen molar-refractivity contribution >= 4 is 11.9 Å². The highest BCUT2D eigenvalue weighted by Crippen LogP contribution is 2.65. The molecule has 4 rings (SSSR count). The Labute approximate surface area is 153 Å². The molecule has 1 spiro atoms. The summed E-state index contributed by atoms with van der Waals surface area (Å²) >= 11 is 0. The van der Waals surface area contributed by atoms with E-state index in [-0.39, 0.29) is 35.3 Å². The molecule has 1 saturated heterocycles. The van der Waals surface area contributed by atoms with Gasteiger partial charge >= 0.3 is 11.9 Å². The maximum absolute atomic E-state index is 13.2. The first-order valence-corrected chi connectivity index (χ1v) is 9.45. The second kappa shape index (κ2) is 6.00. The summed E-state index contributed by atoms with van der Waals surface area (Å²) in [5.74, 6) is -0.0675. The zero-order valence-corrected chi connectivity index (χ0v) is 15.6. The third kappa shape index (κ3) is 2.22. The molecule has 1 aromatic rings. The van der Waals surface area contributed by atoms with Gasteiger partial charge in [-0.2, -0.15) is 0 Å². The van der Waals surface area contributed by atoms with Crippen LogP contribution in [0, 0.1) is 22.7 Å². The van der Waals surface area contributed by atoms with Gasteiger partial charge in [-0.3, -0.25) is 4.79 Å². The van der Waals surface area contributed by atoms with Crippen molar-refractivity contribution in [3.63, 3.8) is 0 Å². The monoisotopic (exact) mass is 358 g/mol. The van der Waals surface area contributed by atoms with E-state index in [1.807, 2.05) is 12.1 Å². The van der Waals surface area contributed by atoms with E-state index in [2.05, 4.69) is 13.8 Å². The molecule has 5 nitrogen and oxygen atoms in total. The summed E-state index contributed by atoms with van der Waals surface area (Å²) < 4.78 is 16.1. The van der Waals surface area contributed by atoms with Gasteiger partial charge in [-0.1, -0.05) is 19.9 Å². The highest BCUT2D eigenvalue weighted by atomic mass is 16.6. The molecular weight excluding hydrogens is 332 g/mol. The van der Waals surface area contributed by atoms with Crippen LogP contribution in [0.1, 0.15) is 57.6 Å². The van der Waals surface area contributed by atoms with Crippen LogP contribution in [0.4, 0.5) is 0 Å². The second-order valence-electron chi connectivity index (χ2n) is 8.29. The first-order chi connectivity index (χ1) is 12.4. The molecule has 0 bridgehead atoms. The molecule has 2 heterocycles. The number of cyclic esters (lactones) is 1. The number of furan rings is 1. The minimum atomic E-state index is -0.553. The second-order valence-corrected chi connectivity index (χ2v) is 8.29. The number of methoxy groups -OCH3 is 1. The predicted octanol–water partition coefficient (Wildman–Crippen LogP) is 4.20. The average Bonchev–Trinajstić information content (AvgIpc) is 3.27. The van der Waals surface area contributed by atoms with Gasteiger partial charge in [0.2, 0.25) is 0 Å². The topological polar surface area (TPSA) is 65.7 Å². The third-order valence-corrected chi connectivity index (χ3v) is 7.26. The molecule has 0 amide bonds. The van der Waals surface area contributed by atoms with Gasteiger partial charge in [-0.15, -0.1) is 0 Å². The highest BCUT2D eigenvalue weighted by molar-refractivity contribution is 5.91. The van der Waals surface area contributed by atoms with Crippen LogP contribution in [0.15, 0.2) is 34.7 Å². The minimum absolute atomic E-state index is 0.0854. The molecule has 5 atom stereocenters. The van der Waals surface area contributed by atoms with Gasteiger partial charge < -0.3 is 13.9 Å². The molecule has 1 aliphatic heterocycles. The molecule has 5 unspecified atom stereocenters. The maximum atomic E-state index is 13.2. The SMILES string of the molecule is COC(=O)C1=CCCC2C1(C)CCC(C)C21CC(c2ccoc2)OC1=O. The van der Waals surface area contributed by atoms with Crippen LogP contribution < -0.4 is 0 Å². The normalized spacial score (nSPS) is 39.3. The lowest BCUT2D eigenvalue weighted by Gasteiger charge is -2.55. The van der Waals surface area contributed by atoms with E-state index in [0.717, 1.165) is 36.8 Å². The largest absolute Gasteiger partial charge is 0.472 e. The van der Waals surface area contributed by atoms with Crippen molar-refractivity contribution in [1.29, 1.82) is 0 Å². The van der Waals surface area contributed by atoms with Gasteiger partial charge in [0.05, 0.1) is 25.1 Å². The Bertz CT molecular complexity index is 748. The van der Waals surface area contributed by atoms with Crippen LogP contribution in [0.2, 0.25) is 0 Å². The van der Waals surface area contributed by atoms with Crippen LogP contribution in [0.3, 0.4) is 0 Å². The number of rotatable bonds is 2. The van der Waals surface area contributed by atoms with Gasteiger partial charge in [0.1, 0.15) is 6.10 Å². The first-order valence-electron chi connectivity index (χ1n) is 9.45. The summed E-state index contributed by atoms with van der Waals surface area (Å²) in [6.45, 7) is 4.29. The number of hydrogen-bond donors (Lipinski definition) is 0. The van der Waals surface area contributed by atoms with Crippen molar-refractivity contribution < 1.29 is 23.5 Å². The zero-order valence-electron chi connectivity index (χ0n) is 15.6. The van der Waals surface area contributed by atoms with E-state index in [1.54, 1.807) is 12.5 Å². The summed E-state index contributed by atoms with van der Waals surface area (Å²) in [6.07, 6.45) is 9.16. The molecular formula is C21H26O5. The highest BCUT2D eigenvalue weighted by Gasteiger charge is 2.65. The molecule has 2 fully saturated rings. The Kier molecular flexibility index (Phi) is 4.01. The summed E-state index contributed by atoms with van der Waals surface area (Å²) in [7, 11) is 1.43.